The third-order valence-corrected chi connectivity index (χ3v) is 2.87. The summed E-state index contributed by atoms with van der Waals surface area (Å²) >= 11 is 0. The molecular formula is C11H14N4O3. The van der Waals surface area contributed by atoms with E-state index in [1.165, 1.54) is 6.07 Å². The van der Waals surface area contributed by atoms with E-state index in [0.29, 0.717) is 18.7 Å². The number of nitro benzene ring substituents is 1. The molecule has 0 aromatic heterocycles. The summed E-state index contributed by atoms with van der Waals surface area (Å²) < 4.78 is 0. The van der Waals surface area contributed by atoms with Crippen LogP contribution in [0.4, 0.5) is 17.1 Å². The Hall–Kier alpha value is -2.31. The van der Waals surface area contributed by atoms with Crippen LogP contribution in [0.25, 0.3) is 0 Å². The maximum absolute atomic E-state index is 11.0. The summed E-state index contributed by atoms with van der Waals surface area (Å²) in [4.78, 5) is 21.4. The second-order valence-corrected chi connectivity index (χ2v) is 4.18. The van der Waals surface area contributed by atoms with Gasteiger partial charge in [-0.2, -0.15) is 0 Å². The van der Waals surface area contributed by atoms with Crippen LogP contribution in [0.2, 0.25) is 0 Å². The Morgan fingerprint density at radius 2 is 2.33 bits per heavy atom. The van der Waals surface area contributed by atoms with Crippen LogP contribution >= 0.6 is 0 Å². The monoisotopic (exact) mass is 250 g/mol. The number of rotatable bonds is 4. The minimum atomic E-state index is -0.509. The fourth-order valence-corrected chi connectivity index (χ4v) is 1.97. The van der Waals surface area contributed by atoms with Crippen LogP contribution in [0.5, 0.6) is 0 Å². The van der Waals surface area contributed by atoms with Gasteiger partial charge < -0.3 is 16.4 Å². The number of para-hydroxylation sites is 1. The number of nitrogens with one attached hydrogen (secondary N) is 2. The summed E-state index contributed by atoms with van der Waals surface area (Å²) in [5, 5.41) is 16.7. The Morgan fingerprint density at radius 3 is 2.94 bits per heavy atom. The molecule has 1 amide bonds. The molecule has 1 unspecified atom stereocenters. The molecule has 1 saturated heterocycles. The number of nitrogens with zero attached hydrogens (tertiary/aromatic N) is 1. The topological polar surface area (TPSA) is 110 Å². The van der Waals surface area contributed by atoms with Crippen molar-refractivity contribution >= 4 is 23.0 Å². The summed E-state index contributed by atoms with van der Waals surface area (Å²) in [6.45, 7) is 0.454. The number of carbonyl (C=O) groups excluding carboxylic acids is 1. The van der Waals surface area contributed by atoms with E-state index < -0.39 is 4.92 Å². The lowest BCUT2D eigenvalue weighted by Gasteiger charge is -2.13. The lowest BCUT2D eigenvalue weighted by molar-refractivity contribution is -0.383. The van der Waals surface area contributed by atoms with E-state index in [0.717, 1.165) is 6.42 Å². The average Bonchev–Trinajstić information content (AvgIpc) is 2.72. The predicted octanol–water partition coefficient (Wildman–Crippen LogP) is 0.867. The minimum Gasteiger partial charge on any atom is -0.393 e. The van der Waals surface area contributed by atoms with Crippen molar-refractivity contribution in [2.75, 3.05) is 17.6 Å². The van der Waals surface area contributed by atoms with Crippen LogP contribution in [-0.4, -0.2) is 23.4 Å². The van der Waals surface area contributed by atoms with E-state index >= 15 is 0 Å². The van der Waals surface area contributed by atoms with E-state index in [2.05, 4.69) is 10.6 Å². The van der Waals surface area contributed by atoms with Gasteiger partial charge in [-0.3, -0.25) is 14.9 Å². The van der Waals surface area contributed by atoms with Crippen LogP contribution in [0.15, 0.2) is 18.2 Å². The third-order valence-electron chi connectivity index (χ3n) is 2.87. The van der Waals surface area contributed by atoms with Gasteiger partial charge in [-0.1, -0.05) is 6.07 Å². The van der Waals surface area contributed by atoms with Crippen molar-refractivity contribution in [3.8, 4) is 0 Å². The number of nitrogens with two attached hydrogens (primary N) is 1. The molecule has 0 radical (unpaired) electrons. The van der Waals surface area contributed by atoms with Crippen LogP contribution in [0.1, 0.15) is 12.8 Å². The number of anilines is 2. The second kappa shape index (κ2) is 4.91. The highest BCUT2D eigenvalue weighted by Gasteiger charge is 2.22. The molecule has 18 heavy (non-hydrogen) atoms. The Labute approximate surface area is 104 Å². The van der Waals surface area contributed by atoms with Crippen LogP contribution in [0.3, 0.4) is 0 Å². The zero-order valence-corrected chi connectivity index (χ0v) is 9.68. The first-order valence-electron chi connectivity index (χ1n) is 5.64. The molecule has 1 atom stereocenters. The fourth-order valence-electron chi connectivity index (χ4n) is 1.97. The fraction of sp³-hybridized carbons (Fsp3) is 0.364. The van der Waals surface area contributed by atoms with E-state index in [9.17, 15) is 14.9 Å². The summed E-state index contributed by atoms with van der Waals surface area (Å²) in [5.41, 5.74) is 5.95. The number of hydrogen-bond acceptors (Lipinski definition) is 5. The highest BCUT2D eigenvalue weighted by atomic mass is 16.6. The zero-order chi connectivity index (χ0) is 13.1. The van der Waals surface area contributed by atoms with Gasteiger partial charge in [-0.15, -0.1) is 0 Å². The molecule has 1 fully saturated rings. The maximum atomic E-state index is 11.0. The molecule has 0 spiro atoms. The molecule has 0 bridgehead atoms. The predicted molar refractivity (Wildman–Crippen MR) is 67.2 cm³/mol. The number of nitrogen functional groups attached to an aromatic ring is 1. The first kappa shape index (κ1) is 12.2. The number of amides is 1. The molecule has 2 rings (SSSR count). The van der Waals surface area contributed by atoms with Crippen LogP contribution < -0.4 is 16.4 Å². The van der Waals surface area contributed by atoms with E-state index in [-0.39, 0.29) is 23.3 Å². The third kappa shape index (κ3) is 2.50. The molecule has 1 aliphatic rings. The molecule has 7 heteroatoms. The normalized spacial score (nSPS) is 18.4. The molecule has 1 aromatic carbocycles. The van der Waals surface area contributed by atoms with Gasteiger partial charge in [0.05, 0.1) is 4.92 Å². The van der Waals surface area contributed by atoms with Crippen molar-refractivity contribution < 1.29 is 9.72 Å². The van der Waals surface area contributed by atoms with Crippen molar-refractivity contribution in [1.29, 1.82) is 0 Å². The molecule has 0 aliphatic carbocycles. The largest absolute Gasteiger partial charge is 0.393 e. The Balaban J connectivity index is 2.07. The maximum Gasteiger partial charge on any atom is 0.314 e. The van der Waals surface area contributed by atoms with Gasteiger partial charge in [0.25, 0.3) is 0 Å². The van der Waals surface area contributed by atoms with Gasteiger partial charge >= 0.3 is 5.69 Å². The summed E-state index contributed by atoms with van der Waals surface area (Å²) in [7, 11) is 0. The van der Waals surface area contributed by atoms with Gasteiger partial charge in [-0.05, 0) is 18.6 Å². The highest BCUT2D eigenvalue weighted by Crippen LogP contribution is 2.30. The molecule has 0 saturated carbocycles. The zero-order valence-electron chi connectivity index (χ0n) is 9.68. The van der Waals surface area contributed by atoms with Crippen LogP contribution in [-0.2, 0) is 4.79 Å². The Kier molecular flexibility index (Phi) is 3.31. The standard InChI is InChI=1S/C11H14N4O3/c12-8-2-1-3-9(11(8)15(17)18)13-6-7-4-5-10(16)14-7/h1-3,7,13H,4-6,12H2,(H,14,16). The smallest absolute Gasteiger partial charge is 0.314 e. The summed E-state index contributed by atoms with van der Waals surface area (Å²) in [6.07, 6.45) is 1.24. The van der Waals surface area contributed by atoms with Crippen molar-refractivity contribution in [2.45, 2.75) is 18.9 Å². The molecule has 1 aromatic rings. The number of benzene rings is 1. The van der Waals surface area contributed by atoms with Gasteiger partial charge in [0, 0.05) is 19.0 Å². The number of nitro groups is 1. The molecule has 1 heterocycles. The minimum absolute atomic E-state index is 0.0125. The highest BCUT2D eigenvalue weighted by molar-refractivity contribution is 5.79. The second-order valence-electron chi connectivity index (χ2n) is 4.18. The molecule has 1 aliphatic heterocycles. The molecule has 96 valence electrons. The number of hydrogen-bond donors (Lipinski definition) is 3. The molecule has 4 N–H and O–H groups in total. The van der Waals surface area contributed by atoms with Gasteiger partial charge in [-0.25, -0.2) is 0 Å². The first-order valence-corrected chi connectivity index (χ1v) is 5.64. The van der Waals surface area contributed by atoms with E-state index in [4.69, 9.17) is 5.73 Å². The van der Waals surface area contributed by atoms with Gasteiger partial charge in [0.15, 0.2) is 0 Å². The van der Waals surface area contributed by atoms with Crippen LogP contribution in [0, 0.1) is 10.1 Å². The van der Waals surface area contributed by atoms with Crippen molar-refractivity contribution in [3.63, 3.8) is 0 Å². The lowest BCUT2D eigenvalue weighted by Crippen LogP contribution is -2.31. The average molecular weight is 250 g/mol. The summed E-state index contributed by atoms with van der Waals surface area (Å²) in [6, 6.07) is 4.75. The molecule has 7 nitrogen and oxygen atoms in total. The van der Waals surface area contributed by atoms with Crippen molar-refractivity contribution in [3.05, 3.63) is 28.3 Å². The first-order chi connectivity index (χ1) is 8.58. The summed E-state index contributed by atoms with van der Waals surface area (Å²) in [5.74, 6) is 0.0175. The molecular weight excluding hydrogens is 236 g/mol. The SMILES string of the molecule is Nc1cccc(NCC2CCC(=O)N2)c1[N+](=O)[O-]. The van der Waals surface area contributed by atoms with Gasteiger partial charge in [0.1, 0.15) is 11.4 Å². The van der Waals surface area contributed by atoms with Crippen molar-refractivity contribution in [2.24, 2.45) is 0 Å². The Morgan fingerprint density at radius 1 is 1.56 bits per heavy atom. The van der Waals surface area contributed by atoms with E-state index in [1.54, 1.807) is 12.1 Å². The van der Waals surface area contributed by atoms with E-state index in [1.807, 2.05) is 0 Å². The van der Waals surface area contributed by atoms with Gasteiger partial charge in [0.2, 0.25) is 5.91 Å². The Bertz CT molecular complexity index is 489. The quantitative estimate of drug-likeness (QED) is 0.417. The lowest BCUT2D eigenvalue weighted by atomic mass is 10.2. The van der Waals surface area contributed by atoms with Crippen molar-refractivity contribution in [1.82, 2.24) is 5.32 Å². The number of carbonyl (C=O) groups is 1.